The molecule has 0 bridgehead atoms. The number of rotatable bonds is 3. The maximum atomic E-state index is 13.2. The van der Waals surface area contributed by atoms with Crippen molar-refractivity contribution >= 4 is 44.4 Å². The molecule has 0 radical (unpaired) electrons. The van der Waals surface area contributed by atoms with Crippen LogP contribution >= 0.6 is 22.7 Å². The first-order valence-electron chi connectivity index (χ1n) is 10.7. The van der Waals surface area contributed by atoms with E-state index in [1.165, 1.54) is 33.0 Å². The molecule has 0 spiro atoms. The Balaban J connectivity index is 1.73. The molecule has 0 saturated heterocycles. The van der Waals surface area contributed by atoms with Crippen LogP contribution in [0.1, 0.15) is 53.7 Å². The lowest BCUT2D eigenvalue weighted by atomic mass is 9.71. The summed E-state index contributed by atoms with van der Waals surface area (Å²) in [7, 11) is 0. The van der Waals surface area contributed by atoms with Gasteiger partial charge >= 0.3 is 0 Å². The van der Waals surface area contributed by atoms with E-state index in [-0.39, 0.29) is 11.2 Å². The largest absolute Gasteiger partial charge is 0.397 e. The lowest BCUT2D eigenvalue weighted by molar-refractivity contribution is 0.104. The molecule has 5 rings (SSSR count). The van der Waals surface area contributed by atoms with Crippen molar-refractivity contribution in [2.75, 3.05) is 5.73 Å². The molecule has 1 atom stereocenters. The highest BCUT2D eigenvalue weighted by atomic mass is 32.1. The van der Waals surface area contributed by atoms with Crippen LogP contribution in [0.2, 0.25) is 0 Å². The third-order valence-electron chi connectivity index (χ3n) is 6.48. The highest BCUT2D eigenvalue weighted by molar-refractivity contribution is 7.21. The summed E-state index contributed by atoms with van der Waals surface area (Å²) in [5.41, 5.74) is 11.9. The summed E-state index contributed by atoms with van der Waals surface area (Å²) >= 11 is 3.17. The monoisotopic (exact) mass is 446 g/mol. The first-order valence-corrected chi connectivity index (χ1v) is 12.4. The third-order valence-corrected chi connectivity index (χ3v) is 8.47. The minimum absolute atomic E-state index is 0.0243. The molecule has 0 unspecified atom stereocenters. The molecule has 0 fully saturated rings. The van der Waals surface area contributed by atoms with Gasteiger partial charge in [-0.1, -0.05) is 57.2 Å². The van der Waals surface area contributed by atoms with Crippen molar-refractivity contribution in [3.63, 3.8) is 0 Å². The van der Waals surface area contributed by atoms with E-state index in [0.717, 1.165) is 29.5 Å². The Labute approximate surface area is 191 Å². The number of pyridine rings is 1. The first-order chi connectivity index (χ1) is 14.8. The Morgan fingerprint density at radius 1 is 1.13 bits per heavy atom. The fourth-order valence-corrected chi connectivity index (χ4v) is 6.54. The number of carbonyl (C=O) groups is 1. The minimum Gasteiger partial charge on any atom is -0.397 e. The second kappa shape index (κ2) is 7.57. The summed E-state index contributed by atoms with van der Waals surface area (Å²) in [5.74, 6) is 0.577. The molecule has 0 saturated carbocycles. The SMILES string of the molecule is CC(C)(C)[C@@H]1CCc2c(nc3sc(C(=O)c4ccccc4)c(N)c3c2-c2cccs2)C1. The van der Waals surface area contributed by atoms with Crippen LogP contribution in [0, 0.1) is 11.3 Å². The summed E-state index contributed by atoms with van der Waals surface area (Å²) in [6, 6.07) is 13.6. The molecular formula is C26H26N2OS2. The summed E-state index contributed by atoms with van der Waals surface area (Å²) in [6.07, 6.45) is 3.14. The second-order valence-corrected chi connectivity index (χ2v) is 11.4. The smallest absolute Gasteiger partial charge is 0.205 e. The van der Waals surface area contributed by atoms with Crippen molar-refractivity contribution in [3.8, 4) is 10.4 Å². The number of nitrogens with zero attached hydrogens (tertiary/aromatic N) is 1. The molecule has 158 valence electrons. The van der Waals surface area contributed by atoms with Crippen LogP contribution in [0.25, 0.3) is 20.7 Å². The van der Waals surface area contributed by atoms with Crippen molar-refractivity contribution in [1.82, 2.24) is 4.98 Å². The number of benzene rings is 1. The summed E-state index contributed by atoms with van der Waals surface area (Å²) in [4.78, 5) is 21.0. The number of nitrogen functional groups attached to an aromatic ring is 1. The Morgan fingerprint density at radius 2 is 1.90 bits per heavy atom. The van der Waals surface area contributed by atoms with Gasteiger partial charge in [0, 0.05) is 27.1 Å². The van der Waals surface area contributed by atoms with Crippen LogP contribution in [0.15, 0.2) is 47.8 Å². The van der Waals surface area contributed by atoms with Crippen LogP contribution in [-0.2, 0) is 12.8 Å². The highest BCUT2D eigenvalue weighted by Crippen LogP contribution is 2.47. The maximum Gasteiger partial charge on any atom is 0.205 e. The van der Waals surface area contributed by atoms with Crippen molar-refractivity contribution in [1.29, 1.82) is 0 Å². The zero-order chi connectivity index (χ0) is 21.8. The number of anilines is 1. The van der Waals surface area contributed by atoms with Gasteiger partial charge in [0.05, 0.1) is 5.69 Å². The normalized spacial score (nSPS) is 16.4. The minimum atomic E-state index is -0.0243. The maximum absolute atomic E-state index is 13.2. The van der Waals surface area contributed by atoms with E-state index in [4.69, 9.17) is 10.7 Å². The summed E-state index contributed by atoms with van der Waals surface area (Å²) < 4.78 is 0. The van der Waals surface area contributed by atoms with Crippen molar-refractivity contribution in [3.05, 3.63) is 69.5 Å². The van der Waals surface area contributed by atoms with Crippen molar-refractivity contribution in [2.24, 2.45) is 11.3 Å². The van der Waals surface area contributed by atoms with Gasteiger partial charge in [-0.2, -0.15) is 0 Å². The number of carbonyl (C=O) groups excluding carboxylic acids is 1. The number of hydrogen-bond donors (Lipinski definition) is 1. The van der Waals surface area contributed by atoms with E-state index in [1.54, 1.807) is 11.3 Å². The quantitative estimate of drug-likeness (QED) is 0.345. The lowest BCUT2D eigenvalue weighted by Gasteiger charge is -2.35. The number of ketones is 1. The lowest BCUT2D eigenvalue weighted by Crippen LogP contribution is -2.27. The van der Waals surface area contributed by atoms with E-state index in [0.29, 0.717) is 22.0 Å². The van der Waals surface area contributed by atoms with Crippen LogP contribution in [0.4, 0.5) is 5.69 Å². The predicted molar refractivity (Wildman–Crippen MR) is 132 cm³/mol. The van der Waals surface area contributed by atoms with Gasteiger partial charge in [0.1, 0.15) is 9.71 Å². The average Bonchev–Trinajstić information content (AvgIpc) is 3.40. The summed E-state index contributed by atoms with van der Waals surface area (Å²) in [6.45, 7) is 6.96. The topological polar surface area (TPSA) is 56.0 Å². The number of thiophene rings is 2. The molecule has 0 amide bonds. The molecule has 1 aromatic carbocycles. The molecule has 3 aromatic heterocycles. The molecule has 2 N–H and O–H groups in total. The fourth-order valence-electron chi connectivity index (χ4n) is 4.65. The number of nitrogens with two attached hydrogens (primary N) is 1. The van der Waals surface area contributed by atoms with Gasteiger partial charge in [-0.3, -0.25) is 4.79 Å². The predicted octanol–water partition coefficient (Wildman–Crippen LogP) is 6.99. The van der Waals surface area contributed by atoms with E-state index in [9.17, 15) is 4.79 Å². The van der Waals surface area contributed by atoms with E-state index >= 15 is 0 Å². The van der Waals surface area contributed by atoms with Crippen LogP contribution in [0.3, 0.4) is 0 Å². The van der Waals surface area contributed by atoms with Crippen LogP contribution in [-0.4, -0.2) is 10.8 Å². The molecule has 5 heteroatoms. The molecule has 4 aromatic rings. The van der Waals surface area contributed by atoms with Crippen LogP contribution < -0.4 is 5.73 Å². The van der Waals surface area contributed by atoms with Gasteiger partial charge in [-0.15, -0.1) is 22.7 Å². The third kappa shape index (κ3) is 3.50. The standard InChI is InChI=1S/C26H26N2OS2/c1-26(2,3)16-11-12-17-18(14-16)28-25-21(20(17)19-10-7-13-30-19)22(27)24(31-25)23(29)15-8-5-4-6-9-15/h4-10,13,16H,11-12,14,27H2,1-3H3/t16-/m1/s1. The number of aromatic nitrogens is 1. The van der Waals surface area contributed by atoms with Crippen molar-refractivity contribution < 1.29 is 4.79 Å². The zero-order valence-corrected chi connectivity index (χ0v) is 19.7. The van der Waals surface area contributed by atoms with Gasteiger partial charge in [-0.25, -0.2) is 4.98 Å². The second-order valence-electron chi connectivity index (χ2n) is 9.42. The average molecular weight is 447 g/mol. The van der Waals surface area contributed by atoms with Gasteiger partial charge in [-0.05, 0) is 47.6 Å². The molecular weight excluding hydrogens is 420 g/mol. The Kier molecular flexibility index (Phi) is 4.98. The molecule has 1 aliphatic rings. The van der Waals surface area contributed by atoms with Crippen molar-refractivity contribution in [2.45, 2.75) is 40.0 Å². The van der Waals surface area contributed by atoms with Gasteiger partial charge < -0.3 is 5.73 Å². The van der Waals surface area contributed by atoms with E-state index in [2.05, 4.69) is 38.3 Å². The molecule has 3 heterocycles. The van der Waals surface area contributed by atoms with Gasteiger partial charge in [0.25, 0.3) is 0 Å². The zero-order valence-electron chi connectivity index (χ0n) is 18.1. The molecule has 1 aliphatic carbocycles. The highest BCUT2D eigenvalue weighted by Gasteiger charge is 2.33. The fraction of sp³-hybridized carbons (Fsp3) is 0.308. The first kappa shape index (κ1) is 20.4. The van der Waals surface area contributed by atoms with Crippen LogP contribution in [0.5, 0.6) is 0 Å². The van der Waals surface area contributed by atoms with E-state index < -0.39 is 0 Å². The van der Waals surface area contributed by atoms with Gasteiger partial charge in [0.2, 0.25) is 5.78 Å². The van der Waals surface area contributed by atoms with Gasteiger partial charge in [0.15, 0.2) is 0 Å². The molecule has 0 aliphatic heterocycles. The number of hydrogen-bond acceptors (Lipinski definition) is 5. The Hall–Kier alpha value is -2.50. The molecule has 31 heavy (non-hydrogen) atoms. The summed E-state index contributed by atoms with van der Waals surface area (Å²) in [5, 5.41) is 3.06. The Bertz CT molecular complexity index is 1260. The Morgan fingerprint density at radius 3 is 2.58 bits per heavy atom. The number of fused-ring (bicyclic) bond motifs is 2. The molecule has 3 nitrogen and oxygen atoms in total. The van der Waals surface area contributed by atoms with E-state index in [1.807, 2.05) is 30.3 Å².